The van der Waals surface area contributed by atoms with Crippen molar-refractivity contribution in [1.82, 2.24) is 9.21 Å². The predicted octanol–water partition coefficient (Wildman–Crippen LogP) is 2.07. The van der Waals surface area contributed by atoms with E-state index in [2.05, 4.69) is 9.64 Å². The average molecular weight is 399 g/mol. The van der Waals surface area contributed by atoms with E-state index in [0.29, 0.717) is 24.7 Å². The SMILES string of the molecule is COC(=O)c1ccc(S(=O)(=O)N2CCCN(C3CCSCC3)CC2)cc1. The van der Waals surface area contributed by atoms with Crippen LogP contribution in [0.5, 0.6) is 0 Å². The van der Waals surface area contributed by atoms with E-state index < -0.39 is 16.0 Å². The lowest BCUT2D eigenvalue weighted by atomic mass is 10.1. The molecule has 0 aromatic heterocycles. The average Bonchev–Trinajstić information content (AvgIpc) is 2.95. The molecule has 1 aromatic rings. The summed E-state index contributed by atoms with van der Waals surface area (Å²) in [7, 11) is -2.23. The van der Waals surface area contributed by atoms with Gasteiger partial charge in [-0.25, -0.2) is 13.2 Å². The van der Waals surface area contributed by atoms with Gasteiger partial charge in [-0.05, 0) is 61.6 Å². The van der Waals surface area contributed by atoms with Crippen LogP contribution in [-0.2, 0) is 14.8 Å². The summed E-state index contributed by atoms with van der Waals surface area (Å²) in [4.78, 5) is 14.2. The van der Waals surface area contributed by atoms with Crippen LogP contribution in [0.2, 0.25) is 0 Å². The highest BCUT2D eigenvalue weighted by Gasteiger charge is 2.29. The molecule has 26 heavy (non-hydrogen) atoms. The van der Waals surface area contributed by atoms with Crippen LogP contribution in [-0.4, -0.2) is 74.4 Å². The van der Waals surface area contributed by atoms with Crippen LogP contribution in [0, 0.1) is 0 Å². The van der Waals surface area contributed by atoms with Crippen LogP contribution in [0.3, 0.4) is 0 Å². The number of rotatable bonds is 4. The van der Waals surface area contributed by atoms with Gasteiger partial charge in [0, 0.05) is 25.7 Å². The maximum atomic E-state index is 13.0. The number of thioether (sulfide) groups is 1. The largest absolute Gasteiger partial charge is 0.465 e. The first-order valence-corrected chi connectivity index (χ1v) is 11.6. The topological polar surface area (TPSA) is 66.9 Å². The Kier molecular flexibility index (Phi) is 6.60. The molecule has 0 saturated carbocycles. The highest BCUT2D eigenvalue weighted by molar-refractivity contribution is 7.99. The van der Waals surface area contributed by atoms with Gasteiger partial charge >= 0.3 is 5.97 Å². The normalized spacial score (nSPS) is 21.3. The van der Waals surface area contributed by atoms with Crippen molar-refractivity contribution in [3.63, 3.8) is 0 Å². The molecule has 0 spiro atoms. The standard InChI is InChI=1S/C18H26N2O4S2/c1-24-18(21)15-3-5-17(6-4-15)26(22,23)20-10-2-9-19(11-12-20)16-7-13-25-14-8-16/h3-6,16H,2,7-14H2,1H3. The number of nitrogens with zero attached hydrogens (tertiary/aromatic N) is 2. The Hall–Kier alpha value is -1.09. The number of carbonyl (C=O) groups excluding carboxylic acids is 1. The lowest BCUT2D eigenvalue weighted by Crippen LogP contribution is -2.41. The number of hydrogen-bond donors (Lipinski definition) is 0. The number of ether oxygens (including phenoxy) is 1. The molecule has 6 nitrogen and oxygen atoms in total. The highest BCUT2D eigenvalue weighted by Crippen LogP contribution is 2.24. The Morgan fingerprint density at radius 1 is 1.08 bits per heavy atom. The van der Waals surface area contributed by atoms with Crippen LogP contribution < -0.4 is 0 Å². The van der Waals surface area contributed by atoms with E-state index >= 15 is 0 Å². The molecule has 2 heterocycles. The lowest BCUT2D eigenvalue weighted by Gasteiger charge is -2.33. The van der Waals surface area contributed by atoms with Crippen molar-refractivity contribution in [2.24, 2.45) is 0 Å². The van der Waals surface area contributed by atoms with E-state index in [1.54, 1.807) is 4.31 Å². The van der Waals surface area contributed by atoms with Gasteiger partial charge in [-0.15, -0.1) is 0 Å². The number of sulfonamides is 1. The van der Waals surface area contributed by atoms with Crippen molar-refractivity contribution in [2.45, 2.75) is 30.2 Å². The number of hydrogen-bond acceptors (Lipinski definition) is 6. The molecular weight excluding hydrogens is 372 g/mol. The molecule has 0 atom stereocenters. The zero-order valence-corrected chi connectivity index (χ0v) is 16.7. The fourth-order valence-corrected chi connectivity index (χ4v) is 6.15. The molecule has 0 amide bonds. The Labute approximate surface area is 159 Å². The third-order valence-electron chi connectivity index (χ3n) is 5.11. The molecule has 0 unspecified atom stereocenters. The van der Waals surface area contributed by atoms with E-state index in [1.165, 1.54) is 55.7 Å². The minimum absolute atomic E-state index is 0.229. The summed E-state index contributed by atoms with van der Waals surface area (Å²) in [6, 6.07) is 6.58. The summed E-state index contributed by atoms with van der Waals surface area (Å²) in [5.74, 6) is 1.94. The van der Waals surface area contributed by atoms with Crippen LogP contribution in [0.4, 0.5) is 0 Å². The van der Waals surface area contributed by atoms with Gasteiger partial charge in [0.1, 0.15) is 0 Å². The van der Waals surface area contributed by atoms with Gasteiger partial charge in [-0.2, -0.15) is 16.1 Å². The highest BCUT2D eigenvalue weighted by atomic mass is 32.2. The number of methoxy groups -OCH3 is 1. The molecule has 1 aromatic carbocycles. The minimum Gasteiger partial charge on any atom is -0.465 e. The molecule has 8 heteroatoms. The Morgan fingerprint density at radius 3 is 2.42 bits per heavy atom. The van der Waals surface area contributed by atoms with Gasteiger partial charge in [0.15, 0.2) is 0 Å². The lowest BCUT2D eigenvalue weighted by molar-refractivity contribution is 0.0600. The molecule has 0 N–H and O–H groups in total. The summed E-state index contributed by atoms with van der Waals surface area (Å²) in [6.45, 7) is 2.81. The Morgan fingerprint density at radius 2 is 1.77 bits per heavy atom. The fraction of sp³-hybridized carbons (Fsp3) is 0.611. The second-order valence-corrected chi connectivity index (χ2v) is 9.82. The van der Waals surface area contributed by atoms with Gasteiger partial charge < -0.3 is 4.74 Å². The van der Waals surface area contributed by atoms with Crippen molar-refractivity contribution in [3.05, 3.63) is 29.8 Å². The molecule has 2 aliphatic heterocycles. The molecule has 2 aliphatic rings. The maximum absolute atomic E-state index is 13.0. The van der Waals surface area contributed by atoms with Crippen molar-refractivity contribution >= 4 is 27.8 Å². The van der Waals surface area contributed by atoms with Crippen LogP contribution >= 0.6 is 11.8 Å². The first kappa shape index (κ1) is 19.7. The zero-order chi connectivity index (χ0) is 18.6. The number of esters is 1. The summed E-state index contributed by atoms with van der Waals surface area (Å²) in [6.07, 6.45) is 3.25. The monoisotopic (exact) mass is 398 g/mol. The predicted molar refractivity (Wildman–Crippen MR) is 103 cm³/mol. The number of carbonyl (C=O) groups is 1. The summed E-state index contributed by atoms with van der Waals surface area (Å²) < 4.78 is 32.2. The molecule has 2 saturated heterocycles. The van der Waals surface area contributed by atoms with Gasteiger partial charge in [-0.3, -0.25) is 4.90 Å². The van der Waals surface area contributed by atoms with Crippen LogP contribution in [0.25, 0.3) is 0 Å². The van der Waals surface area contributed by atoms with Crippen LogP contribution in [0.15, 0.2) is 29.2 Å². The van der Waals surface area contributed by atoms with Gasteiger partial charge in [0.05, 0.1) is 17.6 Å². The molecule has 0 aliphatic carbocycles. The summed E-state index contributed by atoms with van der Waals surface area (Å²) >= 11 is 2.01. The van der Waals surface area contributed by atoms with Crippen molar-refractivity contribution in [2.75, 3.05) is 44.8 Å². The maximum Gasteiger partial charge on any atom is 0.337 e. The van der Waals surface area contributed by atoms with E-state index in [1.807, 2.05) is 11.8 Å². The quantitative estimate of drug-likeness (QED) is 0.724. The summed E-state index contributed by atoms with van der Waals surface area (Å²) in [5, 5.41) is 0. The Bertz CT molecular complexity index is 715. The molecule has 0 bridgehead atoms. The molecule has 144 valence electrons. The molecular formula is C18H26N2O4S2. The minimum atomic E-state index is -3.54. The van der Waals surface area contributed by atoms with Gasteiger partial charge in [-0.1, -0.05) is 0 Å². The van der Waals surface area contributed by atoms with Gasteiger partial charge in [0.25, 0.3) is 0 Å². The zero-order valence-electron chi connectivity index (χ0n) is 15.1. The Balaban J connectivity index is 1.68. The first-order chi connectivity index (χ1) is 12.5. The third-order valence-corrected chi connectivity index (χ3v) is 8.07. The third kappa shape index (κ3) is 4.42. The smallest absolute Gasteiger partial charge is 0.337 e. The van der Waals surface area contributed by atoms with E-state index in [4.69, 9.17) is 0 Å². The van der Waals surface area contributed by atoms with Gasteiger partial charge in [0.2, 0.25) is 10.0 Å². The molecule has 0 radical (unpaired) electrons. The second-order valence-electron chi connectivity index (χ2n) is 6.65. The number of benzene rings is 1. The first-order valence-electron chi connectivity index (χ1n) is 9.02. The van der Waals surface area contributed by atoms with Crippen molar-refractivity contribution < 1.29 is 17.9 Å². The van der Waals surface area contributed by atoms with E-state index in [-0.39, 0.29) is 4.90 Å². The van der Waals surface area contributed by atoms with E-state index in [9.17, 15) is 13.2 Å². The molecule has 3 rings (SSSR count). The van der Waals surface area contributed by atoms with Crippen LogP contribution in [0.1, 0.15) is 29.6 Å². The van der Waals surface area contributed by atoms with Crippen molar-refractivity contribution in [1.29, 1.82) is 0 Å². The second kappa shape index (κ2) is 8.73. The fourth-order valence-electron chi connectivity index (χ4n) is 3.60. The van der Waals surface area contributed by atoms with E-state index in [0.717, 1.165) is 19.5 Å². The summed E-state index contributed by atoms with van der Waals surface area (Å²) in [5.41, 5.74) is 0.351. The molecule has 2 fully saturated rings. The van der Waals surface area contributed by atoms with Crippen molar-refractivity contribution in [3.8, 4) is 0 Å².